The summed E-state index contributed by atoms with van der Waals surface area (Å²) in [6.45, 7) is -0.468. The standard InChI is InChI=1S/C23H20ClFN2O5S/c24-18-11-14(7-9-19(18)25)20-10-8-15(12-26-20)33(30,31)27-21-5-1-4-17-16(21)3-2-6-22(17)32-13-23(28)29/h2-3,6-12,21,27H,1,4-5,13H2,(H,28,29). The number of nitrogens with one attached hydrogen (secondary N) is 1. The Morgan fingerprint density at radius 2 is 2.06 bits per heavy atom. The minimum atomic E-state index is -3.89. The Labute approximate surface area is 195 Å². The molecule has 0 amide bonds. The van der Waals surface area contributed by atoms with Crippen molar-refractivity contribution < 1.29 is 27.4 Å². The van der Waals surface area contributed by atoms with E-state index in [0.717, 1.165) is 17.5 Å². The van der Waals surface area contributed by atoms with E-state index in [-0.39, 0.29) is 9.92 Å². The number of aliphatic carboxylic acids is 1. The number of carboxylic acids is 1. The van der Waals surface area contributed by atoms with Crippen LogP contribution in [0.2, 0.25) is 5.02 Å². The first-order chi connectivity index (χ1) is 15.7. The number of hydrogen-bond acceptors (Lipinski definition) is 5. The molecular weight excluding hydrogens is 471 g/mol. The van der Waals surface area contributed by atoms with Gasteiger partial charge in [0.25, 0.3) is 0 Å². The molecule has 0 radical (unpaired) electrons. The van der Waals surface area contributed by atoms with Crippen LogP contribution in [-0.4, -0.2) is 31.1 Å². The second-order valence-electron chi connectivity index (χ2n) is 7.58. The van der Waals surface area contributed by atoms with E-state index in [9.17, 15) is 17.6 Å². The molecule has 1 aromatic heterocycles. The van der Waals surface area contributed by atoms with Gasteiger partial charge in [0.2, 0.25) is 10.0 Å². The third-order valence-corrected chi connectivity index (χ3v) is 7.12. The van der Waals surface area contributed by atoms with Gasteiger partial charge in [0, 0.05) is 17.8 Å². The molecule has 2 aromatic carbocycles. The molecule has 0 saturated carbocycles. The first-order valence-electron chi connectivity index (χ1n) is 10.1. The molecule has 0 aliphatic heterocycles. The molecule has 1 aliphatic carbocycles. The predicted octanol–water partition coefficient (Wildman–Crippen LogP) is 4.36. The number of fused-ring (bicyclic) bond motifs is 1. The van der Waals surface area contributed by atoms with Gasteiger partial charge in [0.15, 0.2) is 6.61 Å². The van der Waals surface area contributed by atoms with Crippen molar-refractivity contribution in [2.45, 2.75) is 30.2 Å². The molecule has 10 heteroatoms. The number of halogens is 2. The molecule has 0 saturated heterocycles. The average molecular weight is 491 g/mol. The van der Waals surface area contributed by atoms with E-state index in [1.54, 1.807) is 12.1 Å². The summed E-state index contributed by atoms with van der Waals surface area (Å²) in [5.41, 5.74) is 2.59. The van der Waals surface area contributed by atoms with Gasteiger partial charge >= 0.3 is 5.97 Å². The zero-order valence-corrected chi connectivity index (χ0v) is 18.9. The van der Waals surface area contributed by atoms with Gasteiger partial charge in [0.1, 0.15) is 16.5 Å². The lowest BCUT2D eigenvalue weighted by Crippen LogP contribution is -2.31. The van der Waals surface area contributed by atoms with E-state index in [4.69, 9.17) is 21.4 Å². The van der Waals surface area contributed by atoms with Gasteiger partial charge in [0.05, 0.1) is 10.7 Å². The molecule has 0 bridgehead atoms. The zero-order valence-electron chi connectivity index (χ0n) is 17.3. The van der Waals surface area contributed by atoms with Crippen LogP contribution in [-0.2, 0) is 21.2 Å². The summed E-state index contributed by atoms with van der Waals surface area (Å²) in [5, 5.41) is 8.84. The van der Waals surface area contributed by atoms with Crippen molar-refractivity contribution in [1.29, 1.82) is 0 Å². The Kier molecular flexibility index (Phi) is 6.64. The first kappa shape index (κ1) is 23.2. The van der Waals surface area contributed by atoms with E-state index >= 15 is 0 Å². The van der Waals surface area contributed by atoms with Gasteiger partial charge in [-0.3, -0.25) is 4.98 Å². The van der Waals surface area contributed by atoms with E-state index in [1.807, 2.05) is 6.07 Å². The number of pyridine rings is 1. The van der Waals surface area contributed by atoms with Crippen LogP contribution in [0, 0.1) is 5.82 Å². The maximum atomic E-state index is 13.4. The number of carbonyl (C=O) groups is 1. The molecule has 33 heavy (non-hydrogen) atoms. The highest BCUT2D eigenvalue weighted by atomic mass is 35.5. The fourth-order valence-electron chi connectivity index (χ4n) is 3.83. The van der Waals surface area contributed by atoms with Gasteiger partial charge in [-0.2, -0.15) is 0 Å². The Morgan fingerprint density at radius 3 is 2.76 bits per heavy atom. The van der Waals surface area contributed by atoms with Gasteiger partial charge in [-0.25, -0.2) is 22.3 Å². The SMILES string of the molecule is O=C(O)COc1cccc2c1CCCC2NS(=O)(=O)c1ccc(-c2ccc(F)c(Cl)c2)nc1. The van der Waals surface area contributed by atoms with Crippen molar-refractivity contribution >= 4 is 27.6 Å². The zero-order chi connectivity index (χ0) is 23.6. The van der Waals surface area contributed by atoms with Crippen molar-refractivity contribution in [3.05, 3.63) is 76.7 Å². The largest absolute Gasteiger partial charge is 0.482 e. The maximum Gasteiger partial charge on any atom is 0.341 e. The van der Waals surface area contributed by atoms with Crippen LogP contribution in [0.15, 0.2) is 59.6 Å². The highest BCUT2D eigenvalue weighted by Gasteiger charge is 2.28. The molecule has 1 aliphatic rings. The summed E-state index contributed by atoms with van der Waals surface area (Å²) in [5.74, 6) is -1.18. The first-order valence-corrected chi connectivity index (χ1v) is 12.0. The molecule has 0 spiro atoms. The van der Waals surface area contributed by atoms with Gasteiger partial charge in [-0.15, -0.1) is 0 Å². The summed E-state index contributed by atoms with van der Waals surface area (Å²) < 4.78 is 47.5. The monoisotopic (exact) mass is 490 g/mol. The summed E-state index contributed by atoms with van der Waals surface area (Å²) in [6.07, 6.45) is 3.22. The van der Waals surface area contributed by atoms with Gasteiger partial charge in [-0.1, -0.05) is 23.7 Å². The van der Waals surface area contributed by atoms with E-state index in [0.29, 0.717) is 29.8 Å². The fourth-order valence-corrected chi connectivity index (χ4v) is 5.21. The number of nitrogens with zero attached hydrogens (tertiary/aromatic N) is 1. The highest BCUT2D eigenvalue weighted by molar-refractivity contribution is 7.89. The van der Waals surface area contributed by atoms with E-state index in [2.05, 4.69) is 9.71 Å². The van der Waals surface area contributed by atoms with E-state index < -0.39 is 34.5 Å². The fraction of sp³-hybridized carbons (Fsp3) is 0.217. The minimum Gasteiger partial charge on any atom is -0.482 e. The lowest BCUT2D eigenvalue weighted by Gasteiger charge is -2.27. The number of sulfonamides is 1. The maximum absolute atomic E-state index is 13.4. The van der Waals surface area contributed by atoms with Crippen molar-refractivity contribution in [3.8, 4) is 17.0 Å². The molecule has 2 N–H and O–H groups in total. The summed E-state index contributed by atoms with van der Waals surface area (Å²) >= 11 is 5.82. The molecule has 7 nitrogen and oxygen atoms in total. The summed E-state index contributed by atoms with van der Waals surface area (Å²) in [4.78, 5) is 15.0. The molecule has 172 valence electrons. The smallest absolute Gasteiger partial charge is 0.341 e. The second-order valence-corrected chi connectivity index (χ2v) is 9.70. The van der Waals surface area contributed by atoms with Crippen LogP contribution < -0.4 is 9.46 Å². The number of ether oxygens (including phenoxy) is 1. The number of aromatic nitrogens is 1. The van der Waals surface area contributed by atoms with Crippen molar-refractivity contribution in [2.24, 2.45) is 0 Å². The lowest BCUT2D eigenvalue weighted by atomic mass is 9.87. The van der Waals surface area contributed by atoms with Crippen LogP contribution in [0.5, 0.6) is 5.75 Å². The molecular formula is C23H20ClFN2O5S. The third-order valence-electron chi connectivity index (χ3n) is 5.37. The third kappa shape index (κ3) is 5.16. The van der Waals surface area contributed by atoms with Crippen LogP contribution >= 0.6 is 11.6 Å². The second kappa shape index (κ2) is 9.46. The quantitative estimate of drug-likeness (QED) is 0.509. The van der Waals surface area contributed by atoms with Crippen molar-refractivity contribution in [1.82, 2.24) is 9.71 Å². The molecule has 1 atom stereocenters. The van der Waals surface area contributed by atoms with Gasteiger partial charge in [-0.05, 0) is 66.8 Å². The number of rotatable bonds is 7. The summed E-state index contributed by atoms with van der Waals surface area (Å²) in [7, 11) is -3.89. The van der Waals surface area contributed by atoms with Crippen LogP contribution in [0.4, 0.5) is 4.39 Å². The Bertz CT molecular complexity index is 1300. The topological polar surface area (TPSA) is 106 Å². The normalized spacial score (nSPS) is 15.6. The molecule has 0 fully saturated rings. The van der Waals surface area contributed by atoms with Crippen LogP contribution in [0.25, 0.3) is 11.3 Å². The average Bonchev–Trinajstić information content (AvgIpc) is 2.79. The van der Waals surface area contributed by atoms with Crippen molar-refractivity contribution in [2.75, 3.05) is 6.61 Å². The number of benzene rings is 2. The Balaban J connectivity index is 1.55. The van der Waals surface area contributed by atoms with E-state index in [1.165, 1.54) is 36.5 Å². The predicted molar refractivity (Wildman–Crippen MR) is 120 cm³/mol. The van der Waals surface area contributed by atoms with Crippen molar-refractivity contribution in [3.63, 3.8) is 0 Å². The number of hydrogen-bond donors (Lipinski definition) is 2. The lowest BCUT2D eigenvalue weighted by molar-refractivity contribution is -0.139. The van der Waals surface area contributed by atoms with Gasteiger partial charge < -0.3 is 9.84 Å². The molecule has 1 unspecified atom stereocenters. The Morgan fingerprint density at radius 1 is 1.24 bits per heavy atom. The number of carboxylic acid groups (broad SMARTS) is 1. The Hall–Kier alpha value is -3.01. The molecule has 1 heterocycles. The van der Waals surface area contributed by atoms with Crippen LogP contribution in [0.3, 0.4) is 0 Å². The van der Waals surface area contributed by atoms with Crippen LogP contribution in [0.1, 0.15) is 30.0 Å². The molecule has 3 aromatic rings. The summed E-state index contributed by atoms with van der Waals surface area (Å²) in [6, 6.07) is 11.9. The minimum absolute atomic E-state index is 0.00939. The highest BCUT2D eigenvalue weighted by Crippen LogP contribution is 2.36. The molecule has 4 rings (SSSR count).